The van der Waals surface area contributed by atoms with Gasteiger partial charge in [-0.25, -0.2) is 9.97 Å². The lowest BCUT2D eigenvalue weighted by atomic mass is 10.0. The average molecular weight is 722 g/mol. The first kappa shape index (κ1) is 37.7. The Morgan fingerprint density at radius 1 is 1.00 bits per heavy atom. The molecule has 278 valence electrons. The van der Waals surface area contributed by atoms with E-state index in [2.05, 4.69) is 31.2 Å². The molecule has 5 N–H and O–H groups in total. The van der Waals surface area contributed by atoms with E-state index in [0.29, 0.717) is 19.4 Å². The summed E-state index contributed by atoms with van der Waals surface area (Å²) in [5, 5.41) is 18.4. The third-order valence-corrected chi connectivity index (χ3v) is 8.88. The Morgan fingerprint density at radius 2 is 1.69 bits per heavy atom. The van der Waals surface area contributed by atoms with Crippen molar-refractivity contribution in [3.8, 4) is 0 Å². The molecule has 3 aliphatic rings. The van der Waals surface area contributed by atoms with E-state index in [1.807, 2.05) is 44.2 Å². The lowest BCUT2D eigenvalue weighted by Gasteiger charge is -2.25. The van der Waals surface area contributed by atoms with Gasteiger partial charge in [-0.05, 0) is 44.1 Å². The molecular weight excluding hydrogens is 678 g/mol. The Hall–Kier alpha value is -5.58. The monoisotopic (exact) mass is 721 g/mol. The van der Waals surface area contributed by atoms with E-state index in [0.717, 1.165) is 12.0 Å². The lowest BCUT2D eigenvalue weighted by molar-refractivity contribution is -0.131. The van der Waals surface area contributed by atoms with Crippen LogP contribution in [0.4, 0.5) is 0 Å². The average Bonchev–Trinajstić information content (AvgIpc) is 3.94. The summed E-state index contributed by atoms with van der Waals surface area (Å²) >= 11 is 0. The normalized spacial score (nSPS) is 25.1. The fourth-order valence-corrected chi connectivity index (χ4v) is 6.40. The summed E-state index contributed by atoms with van der Waals surface area (Å²) in [6.07, 6.45) is 3.87. The minimum Gasteiger partial charge on any atom is -0.483 e. The number of nitrogens with zero attached hydrogens (tertiary/aromatic N) is 3. The van der Waals surface area contributed by atoms with Gasteiger partial charge in [0.1, 0.15) is 42.8 Å². The number of oxazole rings is 2. The van der Waals surface area contributed by atoms with E-state index in [-0.39, 0.29) is 60.9 Å². The van der Waals surface area contributed by atoms with Gasteiger partial charge >= 0.3 is 0 Å². The van der Waals surface area contributed by atoms with Crippen molar-refractivity contribution in [3.05, 3.63) is 71.6 Å². The molecular formula is C35H43N7O10. The quantitative estimate of drug-likeness (QED) is 0.229. The van der Waals surface area contributed by atoms with Gasteiger partial charge in [0.25, 0.3) is 18.3 Å². The largest absolute Gasteiger partial charge is 0.483 e. The highest BCUT2D eigenvalue weighted by Crippen LogP contribution is 2.26. The van der Waals surface area contributed by atoms with Gasteiger partial charge in [0.15, 0.2) is 11.4 Å². The molecule has 1 aromatic carbocycles. The third-order valence-electron chi connectivity index (χ3n) is 8.88. The van der Waals surface area contributed by atoms with Gasteiger partial charge in [-0.2, -0.15) is 0 Å². The summed E-state index contributed by atoms with van der Waals surface area (Å²) in [5.41, 5.74) is 0.731. The van der Waals surface area contributed by atoms with Gasteiger partial charge < -0.3 is 44.8 Å². The standard InChI is InChI=1S/C34H41N7O8.CH2O2/c1-18(2)12-22-28(42)35-19(3)32-40-25(17-48-32)34(46)41-15-21(36-31(45)27-10-7-11-47-27)14-26(41)30(44)38-23(13-20-8-5-4-6-9-20)33-39-24(16-49-33)29(43)37-22;2-1-3/h4-6,8-9,16-19,21-23,26-27H,7,10-15H2,1-3H3,(H,35,42)(H,36,45)(H,37,43)(H,38,44);1H,(H,2,3)/t19-,21+,22-,23+,26+,27-;/m1./s1. The molecule has 2 fully saturated rings. The number of ether oxygens (including phenoxy) is 1. The van der Waals surface area contributed by atoms with E-state index in [4.69, 9.17) is 23.5 Å². The SMILES string of the molecule is CC(C)C[C@H]1NC(=O)c2coc(n2)[C@H](Cc2ccccc2)NC(=O)[C@@H]2C[C@H](NC(=O)[C@H]3CCCO3)CN2C(=O)c2coc(n2)[C@@H](C)NC1=O.O=CO. The van der Waals surface area contributed by atoms with E-state index < -0.39 is 59.9 Å². The number of benzene rings is 1. The molecule has 17 nitrogen and oxygen atoms in total. The maximum atomic E-state index is 14.1. The first-order valence-corrected chi connectivity index (χ1v) is 17.1. The van der Waals surface area contributed by atoms with Crippen LogP contribution >= 0.6 is 0 Å². The molecule has 6 atom stereocenters. The fourth-order valence-electron chi connectivity index (χ4n) is 6.40. The highest BCUT2D eigenvalue weighted by atomic mass is 16.5. The van der Waals surface area contributed by atoms with Crippen LogP contribution in [0.5, 0.6) is 0 Å². The molecule has 2 saturated heterocycles. The number of hydrogen-bond acceptors (Lipinski definition) is 11. The zero-order valence-corrected chi connectivity index (χ0v) is 29.1. The number of hydrogen-bond donors (Lipinski definition) is 5. The maximum Gasteiger partial charge on any atom is 0.290 e. The summed E-state index contributed by atoms with van der Waals surface area (Å²) in [6, 6.07) is 5.29. The van der Waals surface area contributed by atoms with Crippen LogP contribution in [0.3, 0.4) is 0 Å². The zero-order valence-electron chi connectivity index (χ0n) is 29.1. The number of fused-ring (bicyclic) bond motifs is 5. The Kier molecular flexibility index (Phi) is 12.4. The van der Waals surface area contributed by atoms with Gasteiger partial charge in [0, 0.05) is 25.6 Å². The molecule has 52 heavy (non-hydrogen) atoms. The van der Waals surface area contributed by atoms with Gasteiger partial charge in [-0.1, -0.05) is 44.2 Å². The minimum absolute atomic E-state index is 0.0351. The van der Waals surface area contributed by atoms with Crippen molar-refractivity contribution < 1.29 is 47.4 Å². The molecule has 0 spiro atoms. The summed E-state index contributed by atoms with van der Waals surface area (Å²) in [6.45, 7) is 5.78. The van der Waals surface area contributed by atoms with E-state index in [9.17, 15) is 24.0 Å². The fraction of sp³-hybridized carbons (Fsp3) is 0.486. The van der Waals surface area contributed by atoms with Crippen molar-refractivity contribution >= 4 is 36.0 Å². The van der Waals surface area contributed by atoms with Gasteiger partial charge in [0.05, 0.1) is 0 Å². The smallest absolute Gasteiger partial charge is 0.290 e. The molecule has 4 bridgehead atoms. The number of amides is 5. The molecule has 0 saturated carbocycles. The first-order chi connectivity index (χ1) is 25.0. The molecule has 5 heterocycles. The minimum atomic E-state index is -1.01. The molecule has 3 aromatic rings. The molecule has 5 amide bonds. The summed E-state index contributed by atoms with van der Waals surface area (Å²) in [5.74, 6) is -2.27. The number of carbonyl (C=O) groups is 6. The highest BCUT2D eigenvalue weighted by Gasteiger charge is 2.43. The Balaban J connectivity index is 0.00000168. The second-order valence-electron chi connectivity index (χ2n) is 13.3. The second-order valence-corrected chi connectivity index (χ2v) is 13.3. The number of aromatic nitrogens is 2. The molecule has 0 radical (unpaired) electrons. The second kappa shape index (κ2) is 17.1. The van der Waals surface area contributed by atoms with Crippen LogP contribution in [0.25, 0.3) is 0 Å². The summed E-state index contributed by atoms with van der Waals surface area (Å²) < 4.78 is 16.9. The van der Waals surface area contributed by atoms with E-state index in [1.165, 1.54) is 17.4 Å². The lowest BCUT2D eigenvalue weighted by Crippen LogP contribution is -2.48. The van der Waals surface area contributed by atoms with Crippen molar-refractivity contribution in [2.24, 2.45) is 5.92 Å². The van der Waals surface area contributed by atoms with Crippen LogP contribution in [0.15, 0.2) is 51.7 Å². The van der Waals surface area contributed by atoms with Crippen molar-refractivity contribution in [1.29, 1.82) is 0 Å². The number of carboxylic acid groups (broad SMARTS) is 1. The van der Waals surface area contributed by atoms with Crippen LogP contribution < -0.4 is 21.3 Å². The molecule has 2 aromatic heterocycles. The highest BCUT2D eigenvalue weighted by molar-refractivity contribution is 5.97. The topological polar surface area (TPSA) is 235 Å². The first-order valence-electron chi connectivity index (χ1n) is 17.1. The van der Waals surface area contributed by atoms with Crippen LogP contribution in [-0.2, 0) is 30.3 Å². The molecule has 6 rings (SSSR count). The number of nitrogens with one attached hydrogen (secondary N) is 4. The number of rotatable bonds is 6. The summed E-state index contributed by atoms with van der Waals surface area (Å²) in [7, 11) is 0. The van der Waals surface area contributed by atoms with Crippen LogP contribution in [-0.4, -0.2) is 93.4 Å². The Labute approximate surface area is 299 Å². The predicted molar refractivity (Wildman–Crippen MR) is 180 cm³/mol. The van der Waals surface area contributed by atoms with E-state index >= 15 is 0 Å². The van der Waals surface area contributed by atoms with Crippen molar-refractivity contribution in [2.75, 3.05) is 13.2 Å². The summed E-state index contributed by atoms with van der Waals surface area (Å²) in [4.78, 5) is 86.3. The third kappa shape index (κ3) is 9.20. The molecule has 3 aliphatic heterocycles. The van der Waals surface area contributed by atoms with Crippen molar-refractivity contribution in [1.82, 2.24) is 36.1 Å². The van der Waals surface area contributed by atoms with Crippen LogP contribution in [0, 0.1) is 5.92 Å². The number of carbonyl (C=O) groups excluding carboxylic acids is 5. The molecule has 0 unspecified atom stereocenters. The van der Waals surface area contributed by atoms with Gasteiger partial charge in [-0.3, -0.25) is 28.8 Å². The van der Waals surface area contributed by atoms with Crippen molar-refractivity contribution in [2.45, 2.75) is 89.2 Å². The maximum absolute atomic E-state index is 14.1. The predicted octanol–water partition coefficient (Wildman–Crippen LogP) is 1.68. The molecule has 17 heteroatoms. The van der Waals surface area contributed by atoms with Crippen molar-refractivity contribution in [3.63, 3.8) is 0 Å². The van der Waals surface area contributed by atoms with Gasteiger partial charge in [0.2, 0.25) is 29.5 Å². The molecule has 0 aliphatic carbocycles. The van der Waals surface area contributed by atoms with E-state index in [1.54, 1.807) is 6.92 Å². The Morgan fingerprint density at radius 3 is 2.38 bits per heavy atom. The zero-order chi connectivity index (χ0) is 37.4. The Bertz CT molecular complexity index is 1740. The van der Waals surface area contributed by atoms with Crippen LogP contribution in [0.2, 0.25) is 0 Å². The van der Waals surface area contributed by atoms with Crippen LogP contribution in [0.1, 0.15) is 96.9 Å². The van der Waals surface area contributed by atoms with Gasteiger partial charge in [-0.15, -0.1) is 0 Å².